The number of alkyl halides is 3. The summed E-state index contributed by atoms with van der Waals surface area (Å²) in [5, 5.41) is 8.08. The zero-order valence-electron chi connectivity index (χ0n) is 23.2. The molecule has 1 amide bonds. The van der Waals surface area contributed by atoms with Crippen molar-refractivity contribution in [2.75, 3.05) is 62.8 Å². The lowest BCUT2D eigenvalue weighted by atomic mass is 10.0. The van der Waals surface area contributed by atoms with Crippen LogP contribution < -0.4 is 16.0 Å². The number of anilines is 3. The number of carbonyl (C=O) groups excluding carboxylic acids is 1. The van der Waals surface area contributed by atoms with E-state index in [1.54, 1.807) is 31.4 Å². The van der Waals surface area contributed by atoms with E-state index in [4.69, 9.17) is 0 Å². The van der Waals surface area contributed by atoms with E-state index in [9.17, 15) is 22.4 Å². The molecule has 0 radical (unpaired) electrons. The van der Waals surface area contributed by atoms with Gasteiger partial charge in [0, 0.05) is 57.2 Å². The Morgan fingerprint density at radius 2 is 1.68 bits per heavy atom. The molecular formula is C29H36F4N6O. The number of nitrogens with zero attached hydrogens (tertiary/aromatic N) is 3. The second-order valence-corrected chi connectivity index (χ2v) is 9.23. The molecule has 7 nitrogen and oxygen atoms in total. The molecule has 2 aromatic carbocycles. The molecule has 11 heteroatoms. The Morgan fingerprint density at radius 3 is 2.27 bits per heavy atom. The first kappa shape index (κ1) is 30.8. The number of aromatic nitrogens is 1. The number of likely N-dealkylation sites (N-methyl/N-ethyl adjacent to an activating group) is 1. The summed E-state index contributed by atoms with van der Waals surface area (Å²) >= 11 is 0. The van der Waals surface area contributed by atoms with Gasteiger partial charge in [-0.2, -0.15) is 13.2 Å². The molecule has 40 heavy (non-hydrogen) atoms. The molecule has 0 atom stereocenters. The third-order valence-electron chi connectivity index (χ3n) is 6.45. The maximum Gasteiger partial charge on any atom is 0.416 e. The molecule has 216 valence electrons. The zero-order valence-corrected chi connectivity index (χ0v) is 23.2. The predicted octanol–water partition coefficient (Wildman–Crippen LogP) is 5.77. The van der Waals surface area contributed by atoms with Crippen LogP contribution in [-0.2, 0) is 17.5 Å². The third kappa shape index (κ3) is 8.40. The normalized spacial score (nSPS) is 14.2. The van der Waals surface area contributed by atoms with E-state index >= 15 is 0 Å². The molecule has 1 aromatic heterocycles. The number of carbonyl (C=O) groups is 1. The van der Waals surface area contributed by atoms with Crippen LogP contribution in [-0.4, -0.2) is 67.5 Å². The number of benzene rings is 2. The molecule has 2 heterocycles. The van der Waals surface area contributed by atoms with Crippen LogP contribution in [0.3, 0.4) is 0 Å². The number of hydrogen-bond acceptors (Lipinski definition) is 6. The van der Waals surface area contributed by atoms with Gasteiger partial charge in [-0.1, -0.05) is 26.0 Å². The van der Waals surface area contributed by atoms with Gasteiger partial charge in [0.2, 0.25) is 5.91 Å². The molecule has 1 fully saturated rings. The van der Waals surface area contributed by atoms with Crippen LogP contribution in [0, 0.1) is 5.82 Å². The van der Waals surface area contributed by atoms with Crippen molar-refractivity contribution >= 4 is 23.1 Å². The first-order valence-electron chi connectivity index (χ1n) is 13.2. The van der Waals surface area contributed by atoms with Crippen LogP contribution in [0.4, 0.5) is 34.8 Å². The second-order valence-electron chi connectivity index (χ2n) is 9.23. The van der Waals surface area contributed by atoms with E-state index in [0.29, 0.717) is 24.5 Å². The Balaban J connectivity index is 0.00000216. The lowest BCUT2D eigenvalue weighted by Gasteiger charge is -2.33. The van der Waals surface area contributed by atoms with Gasteiger partial charge in [-0.25, -0.2) is 9.37 Å². The average molecular weight is 561 g/mol. The summed E-state index contributed by atoms with van der Waals surface area (Å²) in [6.07, 6.45) is -2.94. The molecule has 1 aliphatic heterocycles. The van der Waals surface area contributed by atoms with Crippen LogP contribution in [0.2, 0.25) is 0 Å². The molecule has 1 aliphatic rings. The number of halogens is 4. The Bertz CT molecular complexity index is 1260. The smallest absolute Gasteiger partial charge is 0.374 e. The first-order valence-corrected chi connectivity index (χ1v) is 13.2. The van der Waals surface area contributed by atoms with Crippen molar-refractivity contribution < 1.29 is 22.4 Å². The van der Waals surface area contributed by atoms with Crippen LogP contribution in [0.15, 0.2) is 54.7 Å². The van der Waals surface area contributed by atoms with Crippen LogP contribution in [0.5, 0.6) is 0 Å². The summed E-state index contributed by atoms with van der Waals surface area (Å²) in [5.41, 5.74) is 0.853. The van der Waals surface area contributed by atoms with Crippen molar-refractivity contribution in [3.63, 3.8) is 0 Å². The number of rotatable bonds is 8. The number of nitrogens with one attached hydrogen (secondary N) is 3. The topological polar surface area (TPSA) is 72.5 Å². The van der Waals surface area contributed by atoms with E-state index < -0.39 is 23.5 Å². The van der Waals surface area contributed by atoms with Gasteiger partial charge in [-0.05, 0) is 54.6 Å². The monoisotopic (exact) mass is 560 g/mol. The summed E-state index contributed by atoms with van der Waals surface area (Å²) in [4.78, 5) is 20.8. The summed E-state index contributed by atoms with van der Waals surface area (Å²) in [6.45, 7) is 6.84. The lowest BCUT2D eigenvalue weighted by Crippen LogP contribution is -2.44. The Morgan fingerprint density at radius 1 is 0.975 bits per heavy atom. The van der Waals surface area contributed by atoms with E-state index in [1.807, 2.05) is 25.8 Å². The van der Waals surface area contributed by atoms with Crippen molar-refractivity contribution in [3.8, 4) is 11.1 Å². The molecule has 0 saturated carbocycles. The van der Waals surface area contributed by atoms with Gasteiger partial charge in [0.05, 0.1) is 17.8 Å². The average Bonchev–Trinajstić information content (AvgIpc) is 2.95. The van der Waals surface area contributed by atoms with Crippen molar-refractivity contribution in [2.24, 2.45) is 0 Å². The number of piperazine rings is 1. The Labute approximate surface area is 232 Å². The van der Waals surface area contributed by atoms with Crippen LogP contribution >= 0.6 is 0 Å². The molecule has 0 aliphatic carbocycles. The minimum absolute atomic E-state index is 0.0274. The SMILES string of the molecule is CC.CNc1ccc(-c2ccc(NCC(=O)Nc3ccc(CN4CCN(C)CC4)c(C(F)(F)F)c3)c(F)c2)cn1. The van der Waals surface area contributed by atoms with Crippen LogP contribution in [0.25, 0.3) is 11.1 Å². The fraction of sp³-hybridized carbons (Fsp3) is 0.379. The fourth-order valence-corrected chi connectivity index (χ4v) is 4.23. The highest BCUT2D eigenvalue weighted by molar-refractivity contribution is 5.94. The minimum atomic E-state index is -4.56. The highest BCUT2D eigenvalue weighted by Crippen LogP contribution is 2.34. The molecule has 3 N–H and O–H groups in total. The molecular weight excluding hydrogens is 524 g/mol. The van der Waals surface area contributed by atoms with E-state index in [-0.39, 0.29) is 30.0 Å². The Hall–Kier alpha value is -3.70. The molecule has 3 aromatic rings. The Kier molecular flexibility index (Phi) is 10.9. The molecule has 0 bridgehead atoms. The van der Waals surface area contributed by atoms with Crippen molar-refractivity contribution in [3.05, 3.63) is 71.7 Å². The van der Waals surface area contributed by atoms with Gasteiger partial charge in [0.1, 0.15) is 11.6 Å². The van der Waals surface area contributed by atoms with Gasteiger partial charge in [0.15, 0.2) is 0 Å². The van der Waals surface area contributed by atoms with Crippen LogP contribution in [0.1, 0.15) is 25.0 Å². The maximum atomic E-state index is 14.6. The summed E-state index contributed by atoms with van der Waals surface area (Å²) in [6, 6.07) is 11.9. The first-order chi connectivity index (χ1) is 19.1. The van der Waals surface area contributed by atoms with Gasteiger partial charge in [0.25, 0.3) is 0 Å². The lowest BCUT2D eigenvalue weighted by molar-refractivity contribution is -0.138. The summed E-state index contributed by atoms with van der Waals surface area (Å²) < 4.78 is 56.0. The highest BCUT2D eigenvalue weighted by Gasteiger charge is 2.34. The predicted molar refractivity (Wildman–Crippen MR) is 152 cm³/mol. The molecule has 4 rings (SSSR count). The molecule has 1 saturated heterocycles. The van der Waals surface area contributed by atoms with E-state index in [0.717, 1.165) is 24.7 Å². The molecule has 0 unspecified atom stereocenters. The van der Waals surface area contributed by atoms with Crippen molar-refractivity contribution in [1.82, 2.24) is 14.8 Å². The minimum Gasteiger partial charge on any atom is -0.374 e. The zero-order chi connectivity index (χ0) is 29.3. The number of pyridine rings is 1. The highest BCUT2D eigenvalue weighted by atomic mass is 19.4. The summed E-state index contributed by atoms with van der Waals surface area (Å²) in [7, 11) is 3.73. The fourth-order valence-electron chi connectivity index (χ4n) is 4.23. The van der Waals surface area contributed by atoms with Crippen molar-refractivity contribution in [2.45, 2.75) is 26.6 Å². The standard InChI is InChI=1S/C27H30F4N6O.C2H6/c1-32-25-8-5-19(15-34-25)18-4-7-24(23(28)13-18)33-16-26(38)35-21-6-3-20(22(14-21)27(29,30)31)17-37-11-9-36(2)10-12-37;1-2/h3-8,13-15,33H,9-12,16-17H2,1-2H3,(H,32,34)(H,35,38);1-2H3. The van der Waals surface area contributed by atoms with Crippen molar-refractivity contribution in [1.29, 1.82) is 0 Å². The van der Waals surface area contributed by atoms with E-state index in [1.165, 1.54) is 24.3 Å². The number of amides is 1. The quantitative estimate of drug-likeness (QED) is 0.304. The largest absolute Gasteiger partial charge is 0.416 e. The second kappa shape index (κ2) is 14.1. The van der Waals surface area contributed by atoms with Gasteiger partial charge < -0.3 is 20.9 Å². The van der Waals surface area contributed by atoms with Gasteiger partial charge in [-0.3, -0.25) is 9.69 Å². The van der Waals surface area contributed by atoms with Gasteiger partial charge in [-0.15, -0.1) is 0 Å². The maximum absolute atomic E-state index is 14.6. The summed E-state index contributed by atoms with van der Waals surface area (Å²) in [5.74, 6) is -0.480. The molecule has 0 spiro atoms. The number of hydrogen-bond donors (Lipinski definition) is 3. The van der Waals surface area contributed by atoms with E-state index in [2.05, 4.69) is 25.8 Å². The van der Waals surface area contributed by atoms with Gasteiger partial charge >= 0.3 is 6.18 Å². The third-order valence-corrected chi connectivity index (χ3v) is 6.45.